The third-order valence-corrected chi connectivity index (χ3v) is 5.10. The number of carboxylic acid groups (broad SMARTS) is 1. The molecular formula is C12H20N2O5S2. The number of carbonyl (C=O) groups is 1. The first-order valence-corrected chi connectivity index (χ1v) is 9.61. The molecule has 0 aliphatic heterocycles. The summed E-state index contributed by atoms with van der Waals surface area (Å²) in [6.45, 7) is 3.71. The molecule has 0 saturated carbocycles. The molecule has 7 nitrogen and oxygen atoms in total. The molecule has 0 aliphatic rings. The van der Waals surface area contributed by atoms with Crippen molar-refractivity contribution in [2.45, 2.75) is 31.2 Å². The molecule has 1 heterocycles. The van der Waals surface area contributed by atoms with Crippen LogP contribution in [0.5, 0.6) is 0 Å². The Balaban J connectivity index is 2.91. The van der Waals surface area contributed by atoms with Gasteiger partial charge in [0.1, 0.15) is 10.6 Å². The first-order valence-electron chi connectivity index (χ1n) is 6.40. The van der Waals surface area contributed by atoms with Gasteiger partial charge in [-0.2, -0.15) is 0 Å². The van der Waals surface area contributed by atoms with Gasteiger partial charge >= 0.3 is 5.97 Å². The van der Waals surface area contributed by atoms with Crippen LogP contribution in [0.4, 0.5) is 0 Å². The fourth-order valence-corrected chi connectivity index (χ4v) is 3.41. The molecule has 21 heavy (non-hydrogen) atoms. The molecule has 1 unspecified atom stereocenters. The minimum atomic E-state index is -3.76. The van der Waals surface area contributed by atoms with Gasteiger partial charge in [0.25, 0.3) is 0 Å². The Morgan fingerprint density at radius 1 is 1.48 bits per heavy atom. The van der Waals surface area contributed by atoms with Crippen LogP contribution in [0, 0.1) is 0 Å². The molecule has 0 fully saturated rings. The fourth-order valence-electron chi connectivity index (χ4n) is 1.76. The Morgan fingerprint density at radius 2 is 2.10 bits per heavy atom. The molecule has 9 heteroatoms. The van der Waals surface area contributed by atoms with E-state index in [4.69, 9.17) is 5.11 Å². The average Bonchev–Trinajstić information content (AvgIpc) is 2.80. The molecule has 0 radical (unpaired) electrons. The summed E-state index contributed by atoms with van der Waals surface area (Å²) in [5.74, 6) is -0.762. The van der Waals surface area contributed by atoms with Gasteiger partial charge in [0, 0.05) is 41.6 Å². The monoisotopic (exact) mass is 336 g/mol. The lowest BCUT2D eigenvalue weighted by Gasteiger charge is -2.09. The van der Waals surface area contributed by atoms with Crippen LogP contribution in [-0.4, -0.2) is 46.8 Å². The predicted molar refractivity (Wildman–Crippen MR) is 80.5 cm³/mol. The number of carboxylic acids is 1. The van der Waals surface area contributed by atoms with Crippen LogP contribution in [0.3, 0.4) is 0 Å². The van der Waals surface area contributed by atoms with Crippen LogP contribution >= 0.6 is 0 Å². The summed E-state index contributed by atoms with van der Waals surface area (Å²) in [6.07, 6.45) is 3.32. The van der Waals surface area contributed by atoms with Crippen LogP contribution in [0.2, 0.25) is 0 Å². The van der Waals surface area contributed by atoms with Gasteiger partial charge in [0.2, 0.25) is 10.0 Å². The zero-order valence-corrected chi connectivity index (χ0v) is 13.8. The summed E-state index contributed by atoms with van der Waals surface area (Å²) < 4.78 is 38.9. The second-order valence-electron chi connectivity index (χ2n) is 4.90. The van der Waals surface area contributed by atoms with E-state index in [9.17, 15) is 17.4 Å². The highest BCUT2D eigenvalue weighted by atomic mass is 32.2. The number of nitrogens with one attached hydrogen (secondary N) is 1. The number of rotatable bonds is 8. The zero-order chi connectivity index (χ0) is 16.2. The Morgan fingerprint density at radius 3 is 2.52 bits per heavy atom. The fraction of sp³-hybridized carbons (Fsp3) is 0.583. The van der Waals surface area contributed by atoms with Gasteiger partial charge in [-0.05, 0) is 26.3 Å². The molecule has 0 aromatic carbocycles. The molecule has 0 spiro atoms. The lowest BCUT2D eigenvalue weighted by atomic mass is 10.3. The second-order valence-corrected chi connectivity index (χ2v) is 8.22. The number of hydrogen-bond acceptors (Lipinski definition) is 4. The Hall–Kier alpha value is -1.19. The van der Waals surface area contributed by atoms with Crippen molar-refractivity contribution < 1.29 is 22.5 Å². The van der Waals surface area contributed by atoms with E-state index in [0.29, 0.717) is 12.2 Å². The highest BCUT2D eigenvalue weighted by Gasteiger charge is 2.22. The molecule has 0 amide bonds. The highest BCUT2D eigenvalue weighted by molar-refractivity contribution is 7.89. The van der Waals surface area contributed by atoms with E-state index in [2.05, 4.69) is 4.72 Å². The first kappa shape index (κ1) is 17.9. The molecule has 0 bridgehead atoms. The average molecular weight is 336 g/mol. The van der Waals surface area contributed by atoms with Crippen LogP contribution in [0.1, 0.15) is 36.8 Å². The van der Waals surface area contributed by atoms with Crippen molar-refractivity contribution in [3.8, 4) is 0 Å². The Bertz CT molecular complexity index is 634. The molecule has 2 N–H and O–H groups in total. The maximum atomic E-state index is 12.1. The van der Waals surface area contributed by atoms with E-state index in [1.165, 1.54) is 10.8 Å². The van der Waals surface area contributed by atoms with Crippen molar-refractivity contribution in [2.24, 2.45) is 0 Å². The summed E-state index contributed by atoms with van der Waals surface area (Å²) in [5, 5.41) is 9.10. The van der Waals surface area contributed by atoms with Crippen LogP contribution < -0.4 is 4.72 Å². The molecule has 1 atom stereocenters. The lowest BCUT2D eigenvalue weighted by molar-refractivity contribution is 0.0683. The van der Waals surface area contributed by atoms with Crippen molar-refractivity contribution in [2.75, 3.05) is 18.6 Å². The minimum absolute atomic E-state index is 0.0694. The molecule has 1 rings (SSSR count). The van der Waals surface area contributed by atoms with E-state index < -0.39 is 26.8 Å². The van der Waals surface area contributed by atoms with Crippen molar-refractivity contribution in [1.29, 1.82) is 0 Å². The number of hydrogen-bond donors (Lipinski definition) is 2. The summed E-state index contributed by atoms with van der Waals surface area (Å²) in [5.41, 5.74) is -0.0694. The summed E-state index contributed by atoms with van der Waals surface area (Å²) in [6, 6.07) is 0.977. The largest absolute Gasteiger partial charge is 0.477 e. The molecule has 0 aliphatic carbocycles. The molecular weight excluding hydrogens is 316 g/mol. The second kappa shape index (κ2) is 7.19. The normalized spacial score (nSPS) is 13.5. The van der Waals surface area contributed by atoms with Crippen LogP contribution in [0.25, 0.3) is 0 Å². The van der Waals surface area contributed by atoms with Crippen molar-refractivity contribution in [3.63, 3.8) is 0 Å². The Labute approximate surface area is 126 Å². The minimum Gasteiger partial charge on any atom is -0.477 e. The topological polar surface area (TPSA) is 105 Å². The first-order chi connectivity index (χ1) is 9.65. The number of sulfonamides is 1. The smallest absolute Gasteiger partial charge is 0.352 e. The van der Waals surface area contributed by atoms with Gasteiger partial charge in [0.15, 0.2) is 0 Å². The maximum absolute atomic E-state index is 12.1. The van der Waals surface area contributed by atoms with Gasteiger partial charge in [-0.1, -0.05) is 0 Å². The Kier molecular flexibility index (Phi) is 6.11. The SMILES string of the molecule is CC(C)n1cc(S(=O)(=O)NCCCS(C)=O)cc1C(=O)O. The number of aromatic carboxylic acids is 1. The summed E-state index contributed by atoms with van der Waals surface area (Å²) >= 11 is 0. The molecule has 120 valence electrons. The van der Waals surface area contributed by atoms with E-state index >= 15 is 0 Å². The van der Waals surface area contributed by atoms with E-state index in [0.717, 1.165) is 6.07 Å². The van der Waals surface area contributed by atoms with Gasteiger partial charge in [-0.25, -0.2) is 17.9 Å². The highest BCUT2D eigenvalue weighted by Crippen LogP contribution is 2.18. The summed E-state index contributed by atoms with van der Waals surface area (Å²) in [7, 11) is -4.73. The van der Waals surface area contributed by atoms with Gasteiger partial charge in [0.05, 0.1) is 0 Å². The molecule has 1 aromatic rings. The molecule has 0 saturated heterocycles. The van der Waals surface area contributed by atoms with Gasteiger partial charge in [-0.3, -0.25) is 4.21 Å². The van der Waals surface area contributed by atoms with Gasteiger partial charge in [-0.15, -0.1) is 0 Å². The van der Waals surface area contributed by atoms with E-state index in [1.807, 2.05) is 0 Å². The van der Waals surface area contributed by atoms with Crippen molar-refractivity contribution in [3.05, 3.63) is 18.0 Å². The number of aromatic nitrogens is 1. The predicted octanol–water partition coefficient (Wildman–Crippen LogP) is 0.814. The standard InChI is InChI=1S/C12H20N2O5S2/c1-9(2)14-8-10(7-11(14)12(15)16)21(18,19)13-5-4-6-20(3)17/h7-9,13H,4-6H2,1-3H3,(H,15,16). The van der Waals surface area contributed by atoms with E-state index in [1.54, 1.807) is 20.1 Å². The molecule has 1 aromatic heterocycles. The summed E-state index contributed by atoms with van der Waals surface area (Å²) in [4.78, 5) is 11.1. The zero-order valence-electron chi connectivity index (χ0n) is 12.2. The van der Waals surface area contributed by atoms with Crippen molar-refractivity contribution in [1.82, 2.24) is 9.29 Å². The van der Waals surface area contributed by atoms with Crippen LogP contribution in [0.15, 0.2) is 17.2 Å². The quantitative estimate of drug-likeness (QED) is 0.684. The van der Waals surface area contributed by atoms with E-state index in [-0.39, 0.29) is 23.2 Å². The lowest BCUT2D eigenvalue weighted by Crippen LogP contribution is -2.25. The maximum Gasteiger partial charge on any atom is 0.352 e. The third kappa shape index (κ3) is 4.94. The number of nitrogens with zero attached hydrogens (tertiary/aromatic N) is 1. The van der Waals surface area contributed by atoms with Crippen molar-refractivity contribution >= 4 is 26.8 Å². The van der Waals surface area contributed by atoms with Gasteiger partial charge < -0.3 is 9.67 Å². The third-order valence-electron chi connectivity index (χ3n) is 2.81. The van der Waals surface area contributed by atoms with Crippen LogP contribution in [-0.2, 0) is 20.8 Å².